The number of hydrogen-bond acceptors (Lipinski definition) is 2. The van der Waals surface area contributed by atoms with Crippen molar-refractivity contribution in [1.82, 2.24) is 0 Å². The molecule has 0 radical (unpaired) electrons. The van der Waals surface area contributed by atoms with Crippen LogP contribution >= 0.6 is 31.9 Å². The Labute approximate surface area is 147 Å². The summed E-state index contributed by atoms with van der Waals surface area (Å²) in [6.07, 6.45) is 9.57. The highest BCUT2D eigenvalue weighted by Crippen LogP contribution is 2.24. The van der Waals surface area contributed by atoms with Gasteiger partial charge in [-0.3, -0.25) is 0 Å². The van der Waals surface area contributed by atoms with E-state index in [0.717, 1.165) is 32.9 Å². The predicted octanol–water partition coefficient (Wildman–Crippen LogP) is 6.13. The van der Waals surface area contributed by atoms with E-state index in [1.807, 2.05) is 36.4 Å². The normalized spacial score (nSPS) is 11.5. The van der Waals surface area contributed by atoms with Crippen LogP contribution in [0.2, 0.25) is 0 Å². The number of aromatic hydroxyl groups is 2. The molecule has 0 aliphatic heterocycles. The summed E-state index contributed by atoms with van der Waals surface area (Å²) in [7, 11) is 0. The lowest BCUT2D eigenvalue weighted by atomic mass is 10.1. The molecule has 0 aromatic heterocycles. The maximum absolute atomic E-state index is 9.72. The minimum Gasteiger partial charge on any atom is -0.507 e. The second kappa shape index (κ2) is 8.20. The second-order valence-corrected chi connectivity index (χ2v) is 6.62. The number of unbranched alkanes of at least 4 members (excludes halogenated alkanes) is 1. The van der Waals surface area contributed by atoms with Crippen LogP contribution in [0, 0.1) is 0 Å². The van der Waals surface area contributed by atoms with Crippen LogP contribution in [0.3, 0.4) is 0 Å². The maximum atomic E-state index is 9.72. The summed E-state index contributed by atoms with van der Waals surface area (Å²) < 4.78 is 1.88. The quantitative estimate of drug-likeness (QED) is 0.567. The standard InChI is InChI=1S/C18H16Br2O2/c19-15-7-9-17(21)13(11-15)5-3-1-2-4-6-14-12-16(20)8-10-18(14)22/h3-12,21-22H,1-2H2/b5-3+,6-4+. The molecule has 2 rings (SSSR count). The van der Waals surface area contributed by atoms with E-state index in [1.54, 1.807) is 24.3 Å². The second-order valence-electron chi connectivity index (χ2n) is 4.79. The average Bonchev–Trinajstić information content (AvgIpc) is 2.49. The molecule has 0 atom stereocenters. The van der Waals surface area contributed by atoms with Crippen molar-refractivity contribution in [2.75, 3.05) is 0 Å². The van der Waals surface area contributed by atoms with Gasteiger partial charge in [-0.2, -0.15) is 0 Å². The summed E-state index contributed by atoms with van der Waals surface area (Å²) in [5.74, 6) is 0.545. The van der Waals surface area contributed by atoms with Gasteiger partial charge in [0, 0.05) is 20.1 Å². The Hall–Kier alpha value is -1.52. The molecule has 2 nitrogen and oxygen atoms in total. The lowest BCUT2D eigenvalue weighted by molar-refractivity contribution is 0.473. The number of rotatable bonds is 5. The zero-order valence-corrected chi connectivity index (χ0v) is 15.0. The Kier molecular flexibility index (Phi) is 6.28. The summed E-state index contributed by atoms with van der Waals surface area (Å²) in [4.78, 5) is 0. The molecular formula is C18H16Br2O2. The van der Waals surface area contributed by atoms with Crippen LogP contribution in [0.25, 0.3) is 12.2 Å². The van der Waals surface area contributed by atoms with Gasteiger partial charge in [-0.1, -0.05) is 56.2 Å². The zero-order valence-electron chi connectivity index (χ0n) is 11.8. The maximum Gasteiger partial charge on any atom is 0.122 e. The third-order valence-electron chi connectivity index (χ3n) is 3.07. The highest BCUT2D eigenvalue weighted by molar-refractivity contribution is 9.10. The third kappa shape index (κ3) is 5.04. The van der Waals surface area contributed by atoms with E-state index < -0.39 is 0 Å². The van der Waals surface area contributed by atoms with Crippen molar-refractivity contribution >= 4 is 44.0 Å². The van der Waals surface area contributed by atoms with Crippen molar-refractivity contribution in [3.05, 3.63) is 68.6 Å². The molecular weight excluding hydrogens is 408 g/mol. The summed E-state index contributed by atoms with van der Waals surface area (Å²) in [5, 5.41) is 19.4. The molecule has 0 saturated heterocycles. The summed E-state index contributed by atoms with van der Waals surface area (Å²) in [6.45, 7) is 0. The Bertz CT molecular complexity index is 645. The van der Waals surface area contributed by atoms with Crippen LogP contribution in [0.4, 0.5) is 0 Å². The summed E-state index contributed by atoms with van der Waals surface area (Å²) in [5.41, 5.74) is 1.59. The molecule has 0 spiro atoms. The van der Waals surface area contributed by atoms with E-state index >= 15 is 0 Å². The molecule has 0 bridgehead atoms. The SMILES string of the molecule is Oc1ccc(Br)cc1/C=C/CC/C=C/c1cc(Br)ccc1O. The minimum absolute atomic E-state index is 0.272. The van der Waals surface area contributed by atoms with Gasteiger partial charge in [0.1, 0.15) is 11.5 Å². The number of halogens is 2. The van der Waals surface area contributed by atoms with Crippen molar-refractivity contribution in [2.45, 2.75) is 12.8 Å². The highest BCUT2D eigenvalue weighted by Gasteiger charge is 1.98. The van der Waals surface area contributed by atoms with Gasteiger partial charge in [0.25, 0.3) is 0 Å². The molecule has 2 N–H and O–H groups in total. The van der Waals surface area contributed by atoms with Gasteiger partial charge in [-0.25, -0.2) is 0 Å². The van der Waals surface area contributed by atoms with Gasteiger partial charge in [0.15, 0.2) is 0 Å². The molecule has 0 aliphatic rings. The third-order valence-corrected chi connectivity index (χ3v) is 4.06. The van der Waals surface area contributed by atoms with E-state index in [-0.39, 0.29) is 11.5 Å². The van der Waals surface area contributed by atoms with Crippen LogP contribution in [-0.4, -0.2) is 10.2 Å². The molecule has 0 fully saturated rings. The fourth-order valence-electron chi connectivity index (χ4n) is 1.93. The summed E-state index contributed by atoms with van der Waals surface area (Å²) >= 11 is 6.77. The molecule has 0 unspecified atom stereocenters. The first-order valence-corrected chi connectivity index (χ1v) is 8.45. The van der Waals surface area contributed by atoms with Crippen molar-refractivity contribution in [3.8, 4) is 11.5 Å². The molecule has 0 saturated carbocycles. The number of hydrogen-bond donors (Lipinski definition) is 2. The average molecular weight is 424 g/mol. The van der Waals surface area contributed by atoms with Crippen molar-refractivity contribution in [2.24, 2.45) is 0 Å². The molecule has 2 aromatic carbocycles. The van der Waals surface area contributed by atoms with Gasteiger partial charge in [0.2, 0.25) is 0 Å². The van der Waals surface area contributed by atoms with Crippen LogP contribution < -0.4 is 0 Å². The van der Waals surface area contributed by atoms with Crippen LogP contribution in [0.1, 0.15) is 24.0 Å². The minimum atomic E-state index is 0.272. The lowest BCUT2D eigenvalue weighted by Gasteiger charge is -2.00. The van der Waals surface area contributed by atoms with E-state index in [0.29, 0.717) is 0 Å². The van der Waals surface area contributed by atoms with E-state index in [1.165, 1.54) is 0 Å². The molecule has 0 amide bonds. The van der Waals surface area contributed by atoms with E-state index in [9.17, 15) is 10.2 Å². The first-order chi connectivity index (χ1) is 10.6. The number of allylic oxidation sites excluding steroid dienone is 2. The molecule has 4 heteroatoms. The van der Waals surface area contributed by atoms with Crippen LogP contribution in [0.5, 0.6) is 11.5 Å². The number of phenols is 2. The van der Waals surface area contributed by atoms with E-state index in [4.69, 9.17) is 0 Å². The van der Waals surface area contributed by atoms with Gasteiger partial charge >= 0.3 is 0 Å². The Morgan fingerprint density at radius 3 is 1.55 bits per heavy atom. The van der Waals surface area contributed by atoms with Crippen LogP contribution in [0.15, 0.2) is 57.5 Å². The number of phenolic OH excluding ortho intramolecular Hbond substituents is 2. The van der Waals surface area contributed by atoms with Gasteiger partial charge in [-0.15, -0.1) is 0 Å². The highest BCUT2D eigenvalue weighted by atomic mass is 79.9. The van der Waals surface area contributed by atoms with Gasteiger partial charge < -0.3 is 10.2 Å². The summed E-state index contributed by atoms with van der Waals surface area (Å²) in [6, 6.07) is 10.7. The Morgan fingerprint density at radius 1 is 0.727 bits per heavy atom. The monoisotopic (exact) mass is 422 g/mol. The van der Waals surface area contributed by atoms with Crippen molar-refractivity contribution < 1.29 is 10.2 Å². The Morgan fingerprint density at radius 2 is 1.14 bits per heavy atom. The molecule has 0 heterocycles. The predicted molar refractivity (Wildman–Crippen MR) is 98.9 cm³/mol. The molecule has 22 heavy (non-hydrogen) atoms. The smallest absolute Gasteiger partial charge is 0.122 e. The van der Waals surface area contributed by atoms with Crippen LogP contribution in [-0.2, 0) is 0 Å². The topological polar surface area (TPSA) is 40.5 Å². The Balaban J connectivity index is 1.89. The van der Waals surface area contributed by atoms with Gasteiger partial charge in [-0.05, 0) is 49.2 Å². The fraction of sp³-hybridized carbons (Fsp3) is 0.111. The molecule has 114 valence electrons. The van der Waals surface area contributed by atoms with E-state index in [2.05, 4.69) is 31.9 Å². The largest absolute Gasteiger partial charge is 0.507 e. The zero-order chi connectivity index (χ0) is 15.9. The van der Waals surface area contributed by atoms with Crippen molar-refractivity contribution in [1.29, 1.82) is 0 Å². The molecule has 2 aromatic rings. The first kappa shape index (κ1) is 16.8. The first-order valence-electron chi connectivity index (χ1n) is 6.86. The fourth-order valence-corrected chi connectivity index (χ4v) is 2.69. The lowest BCUT2D eigenvalue weighted by Crippen LogP contribution is -1.76. The van der Waals surface area contributed by atoms with Crippen molar-refractivity contribution in [3.63, 3.8) is 0 Å². The van der Waals surface area contributed by atoms with Gasteiger partial charge in [0.05, 0.1) is 0 Å². The number of benzene rings is 2. The molecule has 0 aliphatic carbocycles.